The van der Waals surface area contributed by atoms with Crippen molar-refractivity contribution in [1.82, 2.24) is 10.3 Å². The number of hydrogen-bond acceptors (Lipinski definition) is 4. The van der Waals surface area contributed by atoms with Crippen molar-refractivity contribution in [2.75, 3.05) is 18.5 Å². The number of rotatable bonds is 7. The Morgan fingerprint density at radius 3 is 2.71 bits per heavy atom. The average Bonchev–Trinajstić information content (AvgIpc) is 2.90. The second kappa shape index (κ2) is 7.78. The van der Waals surface area contributed by atoms with Crippen LogP contribution in [0.1, 0.15) is 30.0 Å². The summed E-state index contributed by atoms with van der Waals surface area (Å²) in [6.07, 6.45) is 0.969. The van der Waals surface area contributed by atoms with Gasteiger partial charge in [-0.1, -0.05) is 43.6 Å². The summed E-state index contributed by atoms with van der Waals surface area (Å²) in [5, 5.41) is 5.25. The Labute approximate surface area is 136 Å². The number of hydrogen-bond donors (Lipinski definition) is 1. The SMILES string of the molecule is CCNCc1sc(N(C)Cc2ccccc2Cl)nc1CC. The number of benzene rings is 1. The summed E-state index contributed by atoms with van der Waals surface area (Å²) in [6, 6.07) is 7.97. The topological polar surface area (TPSA) is 28.2 Å². The Bertz CT molecular complexity index is 583. The highest BCUT2D eigenvalue weighted by atomic mass is 35.5. The van der Waals surface area contributed by atoms with Gasteiger partial charge in [0, 0.05) is 30.0 Å². The van der Waals surface area contributed by atoms with E-state index >= 15 is 0 Å². The number of aromatic nitrogens is 1. The molecule has 114 valence electrons. The van der Waals surface area contributed by atoms with Gasteiger partial charge in [0.1, 0.15) is 0 Å². The Morgan fingerprint density at radius 2 is 2.05 bits per heavy atom. The third kappa shape index (κ3) is 4.19. The molecule has 0 aliphatic heterocycles. The molecule has 0 amide bonds. The Balaban J connectivity index is 2.13. The van der Waals surface area contributed by atoms with E-state index in [9.17, 15) is 0 Å². The molecule has 0 aliphatic carbocycles. The quantitative estimate of drug-likeness (QED) is 0.831. The Morgan fingerprint density at radius 1 is 1.29 bits per heavy atom. The lowest BCUT2D eigenvalue weighted by molar-refractivity contribution is 0.727. The zero-order valence-corrected chi connectivity index (χ0v) is 14.4. The predicted molar refractivity (Wildman–Crippen MR) is 92.4 cm³/mol. The fraction of sp³-hybridized carbons (Fsp3) is 0.438. The highest BCUT2D eigenvalue weighted by Crippen LogP contribution is 2.28. The average molecular weight is 324 g/mol. The number of nitrogens with zero attached hydrogens (tertiary/aromatic N) is 2. The first-order valence-electron chi connectivity index (χ1n) is 7.29. The molecule has 5 heteroatoms. The summed E-state index contributed by atoms with van der Waals surface area (Å²) in [5.41, 5.74) is 2.32. The lowest BCUT2D eigenvalue weighted by atomic mass is 10.2. The molecule has 0 spiro atoms. The van der Waals surface area contributed by atoms with E-state index in [1.165, 1.54) is 10.6 Å². The van der Waals surface area contributed by atoms with Gasteiger partial charge >= 0.3 is 0 Å². The molecule has 0 aliphatic rings. The monoisotopic (exact) mass is 323 g/mol. The third-order valence-corrected chi connectivity index (χ3v) is 4.91. The molecule has 1 aromatic heterocycles. The van der Waals surface area contributed by atoms with E-state index in [1.807, 2.05) is 18.2 Å². The lowest BCUT2D eigenvalue weighted by Crippen LogP contribution is -2.16. The van der Waals surface area contributed by atoms with Gasteiger partial charge in [-0.05, 0) is 24.6 Å². The van der Waals surface area contributed by atoms with E-state index in [2.05, 4.69) is 37.2 Å². The van der Waals surface area contributed by atoms with Crippen LogP contribution in [-0.2, 0) is 19.5 Å². The Kier molecular flexibility index (Phi) is 6.03. The summed E-state index contributed by atoms with van der Waals surface area (Å²) in [5.74, 6) is 0. The fourth-order valence-electron chi connectivity index (χ4n) is 2.14. The molecule has 21 heavy (non-hydrogen) atoms. The van der Waals surface area contributed by atoms with Crippen molar-refractivity contribution in [1.29, 1.82) is 0 Å². The van der Waals surface area contributed by atoms with Crippen LogP contribution in [0.15, 0.2) is 24.3 Å². The maximum absolute atomic E-state index is 6.23. The molecule has 0 saturated heterocycles. The molecule has 1 heterocycles. The highest BCUT2D eigenvalue weighted by molar-refractivity contribution is 7.15. The first kappa shape index (κ1) is 16.3. The van der Waals surface area contributed by atoms with Crippen LogP contribution in [0.25, 0.3) is 0 Å². The summed E-state index contributed by atoms with van der Waals surface area (Å²) in [6.45, 7) is 6.93. The smallest absolute Gasteiger partial charge is 0.185 e. The van der Waals surface area contributed by atoms with Crippen LogP contribution in [0, 0.1) is 0 Å². The van der Waals surface area contributed by atoms with Crippen molar-refractivity contribution >= 4 is 28.1 Å². The first-order valence-corrected chi connectivity index (χ1v) is 8.49. The molecule has 1 N–H and O–H groups in total. The molecular weight excluding hydrogens is 302 g/mol. The molecule has 1 aromatic carbocycles. The molecule has 2 aromatic rings. The Hall–Kier alpha value is -1.10. The van der Waals surface area contributed by atoms with Gasteiger partial charge in [-0.15, -0.1) is 11.3 Å². The van der Waals surface area contributed by atoms with Crippen LogP contribution in [-0.4, -0.2) is 18.6 Å². The summed E-state index contributed by atoms with van der Waals surface area (Å²) in [7, 11) is 2.07. The van der Waals surface area contributed by atoms with Gasteiger partial charge in [0.25, 0.3) is 0 Å². The molecule has 0 atom stereocenters. The van der Waals surface area contributed by atoms with Crippen LogP contribution in [0.2, 0.25) is 5.02 Å². The zero-order chi connectivity index (χ0) is 15.2. The standard InChI is InChI=1S/C16H22ClN3S/c1-4-14-15(10-18-5-2)21-16(19-14)20(3)11-12-8-6-7-9-13(12)17/h6-9,18H,4-5,10-11H2,1-3H3. The minimum Gasteiger partial charge on any atom is -0.347 e. The minimum atomic E-state index is 0.775. The van der Waals surface area contributed by atoms with Gasteiger partial charge in [-0.2, -0.15) is 0 Å². The molecule has 0 fully saturated rings. The van der Waals surface area contributed by atoms with Crippen LogP contribution in [0.3, 0.4) is 0 Å². The number of aryl methyl sites for hydroxylation is 1. The van der Waals surface area contributed by atoms with Gasteiger partial charge < -0.3 is 10.2 Å². The van der Waals surface area contributed by atoms with E-state index in [0.717, 1.165) is 41.8 Å². The molecule has 0 saturated carbocycles. The highest BCUT2D eigenvalue weighted by Gasteiger charge is 2.13. The van der Waals surface area contributed by atoms with E-state index in [1.54, 1.807) is 11.3 Å². The van der Waals surface area contributed by atoms with Crippen molar-refractivity contribution in [2.24, 2.45) is 0 Å². The summed E-state index contributed by atoms with van der Waals surface area (Å²) < 4.78 is 0. The van der Waals surface area contributed by atoms with Crippen LogP contribution < -0.4 is 10.2 Å². The fourth-order valence-corrected chi connectivity index (χ4v) is 3.41. The van der Waals surface area contributed by atoms with Crippen molar-refractivity contribution in [3.8, 4) is 0 Å². The number of nitrogens with one attached hydrogen (secondary N) is 1. The number of halogens is 1. The molecule has 0 radical (unpaired) electrons. The van der Waals surface area contributed by atoms with E-state index in [0.29, 0.717) is 0 Å². The number of thiazole rings is 1. The first-order chi connectivity index (χ1) is 10.2. The largest absolute Gasteiger partial charge is 0.347 e. The van der Waals surface area contributed by atoms with Gasteiger partial charge in [0.2, 0.25) is 0 Å². The van der Waals surface area contributed by atoms with Crippen molar-refractivity contribution in [3.05, 3.63) is 45.4 Å². The molecule has 2 rings (SSSR count). The van der Waals surface area contributed by atoms with Crippen molar-refractivity contribution in [2.45, 2.75) is 33.4 Å². The van der Waals surface area contributed by atoms with Gasteiger partial charge in [-0.25, -0.2) is 4.98 Å². The van der Waals surface area contributed by atoms with Crippen LogP contribution in [0.5, 0.6) is 0 Å². The second-order valence-electron chi connectivity index (χ2n) is 4.95. The molecule has 0 unspecified atom stereocenters. The van der Waals surface area contributed by atoms with Crippen LogP contribution >= 0.6 is 22.9 Å². The predicted octanol–water partition coefficient (Wildman–Crippen LogP) is 4.10. The number of anilines is 1. The van der Waals surface area contributed by atoms with Gasteiger partial charge in [0.05, 0.1) is 5.69 Å². The summed E-state index contributed by atoms with van der Waals surface area (Å²) in [4.78, 5) is 8.27. The van der Waals surface area contributed by atoms with Crippen molar-refractivity contribution in [3.63, 3.8) is 0 Å². The van der Waals surface area contributed by atoms with Crippen LogP contribution in [0.4, 0.5) is 5.13 Å². The maximum atomic E-state index is 6.23. The zero-order valence-electron chi connectivity index (χ0n) is 12.8. The minimum absolute atomic E-state index is 0.775. The van der Waals surface area contributed by atoms with E-state index in [4.69, 9.17) is 16.6 Å². The molecular formula is C16H22ClN3S. The van der Waals surface area contributed by atoms with E-state index < -0.39 is 0 Å². The van der Waals surface area contributed by atoms with E-state index in [-0.39, 0.29) is 0 Å². The lowest BCUT2D eigenvalue weighted by Gasteiger charge is -2.16. The molecule has 3 nitrogen and oxygen atoms in total. The maximum Gasteiger partial charge on any atom is 0.185 e. The van der Waals surface area contributed by atoms with Gasteiger partial charge in [-0.3, -0.25) is 0 Å². The van der Waals surface area contributed by atoms with Gasteiger partial charge in [0.15, 0.2) is 5.13 Å². The normalized spacial score (nSPS) is 10.9. The summed E-state index contributed by atoms with van der Waals surface area (Å²) >= 11 is 8.00. The molecule has 0 bridgehead atoms. The van der Waals surface area contributed by atoms with Crippen molar-refractivity contribution < 1.29 is 0 Å². The second-order valence-corrected chi connectivity index (χ2v) is 6.42. The third-order valence-electron chi connectivity index (χ3n) is 3.33.